The van der Waals surface area contributed by atoms with E-state index in [0.717, 1.165) is 0 Å². The molecule has 3 nitrogen and oxygen atoms in total. The summed E-state index contributed by atoms with van der Waals surface area (Å²) < 4.78 is 13.3. The monoisotopic (exact) mass is 365 g/mol. The predicted octanol–water partition coefficient (Wildman–Crippen LogP) is 5.47. The zero-order valence-corrected chi connectivity index (χ0v) is 15.5. The molecule has 2 atom stereocenters. The summed E-state index contributed by atoms with van der Waals surface area (Å²) in [6, 6.07) is 16.7. The fourth-order valence-electron chi connectivity index (χ4n) is 3.25. The van der Waals surface area contributed by atoms with Gasteiger partial charge in [0, 0.05) is 24.3 Å². The van der Waals surface area contributed by atoms with E-state index in [1.165, 1.54) is 12.1 Å². The zero-order chi connectivity index (χ0) is 19.6. The summed E-state index contributed by atoms with van der Waals surface area (Å²) >= 11 is 0. The van der Waals surface area contributed by atoms with Crippen LogP contribution < -0.4 is 0 Å². The van der Waals surface area contributed by atoms with Gasteiger partial charge in [0.15, 0.2) is 5.78 Å². The molecule has 0 spiro atoms. The average Bonchev–Trinajstić information content (AvgIpc) is 2.70. The highest BCUT2D eigenvalue weighted by molar-refractivity contribution is 6.03. The lowest BCUT2D eigenvalue weighted by molar-refractivity contribution is -0.123. The maximum absolute atomic E-state index is 13.3. The number of carbonyl (C=O) groups is 2. The molecule has 4 heteroatoms. The molecule has 2 rings (SSSR count). The number of nitriles is 1. The molecule has 140 valence electrons. The molecule has 0 aliphatic carbocycles. The second-order valence-electron chi connectivity index (χ2n) is 6.66. The third-order valence-electron chi connectivity index (χ3n) is 4.84. The van der Waals surface area contributed by atoms with Gasteiger partial charge in [0.2, 0.25) is 0 Å². The van der Waals surface area contributed by atoms with Crippen molar-refractivity contribution < 1.29 is 14.0 Å². The number of halogens is 1. The van der Waals surface area contributed by atoms with Crippen molar-refractivity contribution >= 4 is 11.6 Å². The van der Waals surface area contributed by atoms with Crippen LogP contribution in [-0.2, 0) is 4.79 Å². The van der Waals surface area contributed by atoms with Gasteiger partial charge in [0.05, 0.1) is 12.0 Å². The minimum atomic E-state index is -0.634. The normalized spacial score (nSPS) is 12.8. The van der Waals surface area contributed by atoms with Gasteiger partial charge in [-0.25, -0.2) is 4.39 Å². The van der Waals surface area contributed by atoms with Crippen LogP contribution in [0.4, 0.5) is 4.39 Å². The molecule has 2 aromatic rings. The summed E-state index contributed by atoms with van der Waals surface area (Å²) in [5, 5.41) is 8.70. The SMILES string of the molecule is CCC(CCCC#N)C(=O)CC(C(=O)c1ccccc1)c1ccc(F)cc1. The van der Waals surface area contributed by atoms with Crippen molar-refractivity contribution in [3.63, 3.8) is 0 Å². The predicted molar refractivity (Wildman–Crippen MR) is 103 cm³/mol. The Hall–Kier alpha value is -2.80. The number of unbranched alkanes of at least 4 members (excludes halogenated alkanes) is 1. The van der Waals surface area contributed by atoms with Gasteiger partial charge in [-0.2, -0.15) is 5.26 Å². The summed E-state index contributed by atoms with van der Waals surface area (Å²) in [4.78, 5) is 25.9. The molecule has 27 heavy (non-hydrogen) atoms. The zero-order valence-electron chi connectivity index (χ0n) is 15.5. The van der Waals surface area contributed by atoms with E-state index in [9.17, 15) is 14.0 Å². The summed E-state index contributed by atoms with van der Waals surface area (Å²) in [7, 11) is 0. The Kier molecular flexibility index (Phi) is 7.88. The summed E-state index contributed by atoms with van der Waals surface area (Å²) in [6.07, 6.45) is 2.52. The van der Waals surface area contributed by atoms with Gasteiger partial charge in [0.25, 0.3) is 0 Å². The first kappa shape index (κ1) is 20.5. The fourth-order valence-corrected chi connectivity index (χ4v) is 3.25. The molecule has 0 aromatic heterocycles. The lowest BCUT2D eigenvalue weighted by Crippen LogP contribution is -2.22. The minimum Gasteiger partial charge on any atom is -0.299 e. The average molecular weight is 365 g/mol. The van der Waals surface area contributed by atoms with Gasteiger partial charge in [-0.15, -0.1) is 0 Å². The van der Waals surface area contributed by atoms with E-state index in [2.05, 4.69) is 6.07 Å². The number of carbonyl (C=O) groups excluding carboxylic acids is 2. The highest BCUT2D eigenvalue weighted by atomic mass is 19.1. The lowest BCUT2D eigenvalue weighted by Gasteiger charge is -2.19. The Morgan fingerprint density at radius 3 is 2.33 bits per heavy atom. The Balaban J connectivity index is 2.24. The van der Waals surface area contributed by atoms with E-state index in [4.69, 9.17) is 5.26 Å². The third-order valence-corrected chi connectivity index (χ3v) is 4.84. The van der Waals surface area contributed by atoms with Gasteiger partial charge in [-0.3, -0.25) is 9.59 Å². The highest BCUT2D eigenvalue weighted by Gasteiger charge is 2.27. The molecule has 0 saturated carbocycles. The van der Waals surface area contributed by atoms with Crippen molar-refractivity contribution in [3.05, 3.63) is 71.5 Å². The molecule has 0 bridgehead atoms. The van der Waals surface area contributed by atoms with Crippen LogP contribution in [0.2, 0.25) is 0 Å². The number of ketones is 2. The second kappa shape index (κ2) is 10.4. The first-order valence-electron chi connectivity index (χ1n) is 9.31. The Morgan fingerprint density at radius 2 is 1.74 bits per heavy atom. The largest absolute Gasteiger partial charge is 0.299 e. The number of hydrogen-bond acceptors (Lipinski definition) is 3. The van der Waals surface area contributed by atoms with Crippen LogP contribution in [0.1, 0.15) is 60.9 Å². The molecule has 0 N–H and O–H groups in total. The minimum absolute atomic E-state index is 0.0223. The van der Waals surface area contributed by atoms with E-state index in [-0.39, 0.29) is 29.7 Å². The number of benzene rings is 2. The van der Waals surface area contributed by atoms with E-state index in [1.54, 1.807) is 36.4 Å². The Morgan fingerprint density at radius 1 is 1.07 bits per heavy atom. The van der Waals surface area contributed by atoms with Crippen LogP contribution in [0.5, 0.6) is 0 Å². The van der Waals surface area contributed by atoms with Gasteiger partial charge in [-0.05, 0) is 37.0 Å². The third kappa shape index (κ3) is 5.86. The lowest BCUT2D eigenvalue weighted by atomic mass is 9.82. The maximum atomic E-state index is 13.3. The van der Waals surface area contributed by atoms with Crippen LogP contribution in [0.25, 0.3) is 0 Å². The van der Waals surface area contributed by atoms with Gasteiger partial charge in [-0.1, -0.05) is 49.4 Å². The summed E-state index contributed by atoms with van der Waals surface area (Å²) in [6.45, 7) is 1.95. The molecule has 2 aromatic carbocycles. The van der Waals surface area contributed by atoms with Crippen LogP contribution in [-0.4, -0.2) is 11.6 Å². The molecule has 0 amide bonds. The van der Waals surface area contributed by atoms with Gasteiger partial charge < -0.3 is 0 Å². The molecule has 0 heterocycles. The Labute approximate surface area is 159 Å². The maximum Gasteiger partial charge on any atom is 0.170 e. The van der Waals surface area contributed by atoms with E-state index in [1.807, 2.05) is 13.0 Å². The van der Waals surface area contributed by atoms with E-state index >= 15 is 0 Å². The molecular formula is C23H24FNO2. The van der Waals surface area contributed by atoms with Crippen molar-refractivity contribution in [1.29, 1.82) is 5.26 Å². The number of rotatable bonds is 10. The molecule has 2 unspecified atom stereocenters. The highest BCUT2D eigenvalue weighted by Crippen LogP contribution is 2.28. The smallest absolute Gasteiger partial charge is 0.170 e. The topological polar surface area (TPSA) is 57.9 Å². The summed E-state index contributed by atoms with van der Waals surface area (Å²) in [5.41, 5.74) is 1.18. The van der Waals surface area contributed by atoms with Crippen molar-refractivity contribution in [2.24, 2.45) is 5.92 Å². The first-order chi connectivity index (χ1) is 13.1. The molecule has 0 aliphatic heterocycles. The molecule has 0 radical (unpaired) electrons. The number of Topliss-reactive ketones (excluding diaryl/α,β-unsaturated/α-hetero) is 2. The van der Waals surface area contributed by atoms with Crippen LogP contribution >= 0.6 is 0 Å². The van der Waals surface area contributed by atoms with Crippen molar-refractivity contribution in [1.82, 2.24) is 0 Å². The second-order valence-corrected chi connectivity index (χ2v) is 6.66. The van der Waals surface area contributed by atoms with Crippen molar-refractivity contribution in [3.8, 4) is 6.07 Å². The molecule has 0 saturated heterocycles. The standard InChI is InChI=1S/C23H24FNO2/c1-2-17(8-6-7-15-25)22(26)16-21(18-11-13-20(24)14-12-18)23(27)19-9-4-3-5-10-19/h3-5,9-14,17,21H,2,6-8,16H2,1H3. The van der Waals surface area contributed by atoms with Crippen LogP contribution in [0.3, 0.4) is 0 Å². The van der Waals surface area contributed by atoms with Crippen LogP contribution in [0, 0.1) is 23.1 Å². The number of nitrogens with zero attached hydrogens (tertiary/aromatic N) is 1. The van der Waals surface area contributed by atoms with E-state index < -0.39 is 5.92 Å². The van der Waals surface area contributed by atoms with Gasteiger partial charge >= 0.3 is 0 Å². The fraction of sp³-hybridized carbons (Fsp3) is 0.348. The molecule has 0 fully saturated rings. The number of hydrogen-bond donors (Lipinski definition) is 0. The summed E-state index contributed by atoms with van der Waals surface area (Å²) in [5.74, 6) is -1.29. The van der Waals surface area contributed by atoms with Crippen LogP contribution in [0.15, 0.2) is 54.6 Å². The van der Waals surface area contributed by atoms with E-state index in [0.29, 0.717) is 36.8 Å². The first-order valence-corrected chi connectivity index (χ1v) is 9.31. The van der Waals surface area contributed by atoms with Crippen molar-refractivity contribution in [2.75, 3.05) is 0 Å². The molecule has 0 aliphatic rings. The quantitative estimate of drug-likeness (QED) is 0.414. The Bertz CT molecular complexity index is 793. The molecular weight excluding hydrogens is 341 g/mol. The van der Waals surface area contributed by atoms with Crippen molar-refractivity contribution in [2.45, 2.75) is 44.9 Å². The van der Waals surface area contributed by atoms with Gasteiger partial charge in [0.1, 0.15) is 11.6 Å².